The first-order valence-corrected chi connectivity index (χ1v) is 9.82. The molecule has 3 heterocycles. The molecule has 0 saturated carbocycles. The molecule has 2 aliphatic heterocycles. The molecule has 1 fully saturated rings. The van der Waals surface area contributed by atoms with E-state index in [-0.39, 0.29) is 42.7 Å². The predicted octanol–water partition coefficient (Wildman–Crippen LogP) is 0.685. The van der Waals surface area contributed by atoms with E-state index >= 15 is 0 Å². The first-order valence-electron chi connectivity index (χ1n) is 8.38. The largest absolute Gasteiger partial charge is 0.486 e. The lowest BCUT2D eigenvalue weighted by Gasteiger charge is -2.24. The molecule has 1 atom stereocenters. The van der Waals surface area contributed by atoms with Crippen molar-refractivity contribution in [2.24, 2.45) is 0 Å². The van der Waals surface area contributed by atoms with E-state index in [4.69, 9.17) is 14.0 Å². The third-order valence-electron chi connectivity index (χ3n) is 4.54. The van der Waals surface area contributed by atoms with Gasteiger partial charge in [0.15, 0.2) is 22.9 Å². The van der Waals surface area contributed by atoms with Crippen molar-refractivity contribution in [1.29, 1.82) is 0 Å². The molecular formula is C16H19N3O6S. The van der Waals surface area contributed by atoms with E-state index in [0.717, 1.165) is 0 Å². The van der Waals surface area contributed by atoms with E-state index in [9.17, 15) is 13.5 Å². The van der Waals surface area contributed by atoms with Crippen molar-refractivity contribution < 1.29 is 27.5 Å². The second-order valence-corrected chi connectivity index (χ2v) is 8.18. The number of sulfonamides is 1. The van der Waals surface area contributed by atoms with Crippen LogP contribution in [0, 0.1) is 0 Å². The molecule has 1 aromatic heterocycles. The molecule has 2 aromatic rings. The summed E-state index contributed by atoms with van der Waals surface area (Å²) in [6.45, 7) is 2.49. The minimum absolute atomic E-state index is 0.0266. The van der Waals surface area contributed by atoms with E-state index in [1.807, 2.05) is 6.92 Å². The van der Waals surface area contributed by atoms with Gasteiger partial charge < -0.3 is 19.1 Å². The molecule has 0 bridgehead atoms. The van der Waals surface area contributed by atoms with Crippen LogP contribution in [0.25, 0.3) is 0 Å². The summed E-state index contributed by atoms with van der Waals surface area (Å²) in [4.78, 5) is 4.17. The zero-order valence-electron chi connectivity index (χ0n) is 14.2. The Labute approximate surface area is 150 Å². The molecule has 0 amide bonds. The summed E-state index contributed by atoms with van der Waals surface area (Å²) in [6, 6.07) is 4.74. The van der Waals surface area contributed by atoms with Crippen LogP contribution in [0.15, 0.2) is 27.6 Å². The lowest BCUT2D eigenvalue weighted by atomic mass is 10.0. The lowest BCUT2D eigenvalue weighted by Crippen LogP contribution is -2.35. The number of rotatable bonds is 4. The van der Waals surface area contributed by atoms with E-state index in [1.54, 1.807) is 12.1 Å². The van der Waals surface area contributed by atoms with Crippen LogP contribution in [0.3, 0.4) is 0 Å². The molecule has 1 N–H and O–H groups in total. The van der Waals surface area contributed by atoms with Crippen molar-refractivity contribution in [2.75, 3.05) is 26.3 Å². The fourth-order valence-corrected chi connectivity index (χ4v) is 4.75. The summed E-state index contributed by atoms with van der Waals surface area (Å²) in [5.41, 5.74) is -1.50. The Morgan fingerprint density at radius 3 is 2.88 bits per heavy atom. The van der Waals surface area contributed by atoms with Gasteiger partial charge in [0.2, 0.25) is 10.0 Å². The molecular weight excluding hydrogens is 362 g/mol. The molecule has 140 valence electrons. The minimum atomic E-state index is -3.88. The van der Waals surface area contributed by atoms with Gasteiger partial charge in [-0.15, -0.1) is 0 Å². The fourth-order valence-electron chi connectivity index (χ4n) is 3.12. The van der Waals surface area contributed by atoms with E-state index in [1.165, 1.54) is 10.4 Å². The molecule has 4 rings (SSSR count). The van der Waals surface area contributed by atoms with Crippen molar-refractivity contribution >= 4 is 10.0 Å². The van der Waals surface area contributed by atoms with Gasteiger partial charge in [-0.2, -0.15) is 9.29 Å². The number of hydrogen-bond donors (Lipinski definition) is 1. The van der Waals surface area contributed by atoms with E-state index in [0.29, 0.717) is 24.6 Å². The van der Waals surface area contributed by atoms with Crippen molar-refractivity contribution in [2.45, 2.75) is 30.3 Å². The standard InChI is InChI=1S/C16H19N3O6S/c1-2-13-17-15(25-18-13)16(20)6-7-19(10-16)26(21,22)12-5-3-4-11-14(12)24-9-8-23-11/h3-5,20H,2,6-10H2,1H3. The predicted molar refractivity (Wildman–Crippen MR) is 88.4 cm³/mol. The number of fused-ring (bicyclic) bond motifs is 1. The summed E-state index contributed by atoms with van der Waals surface area (Å²) in [6.07, 6.45) is 0.735. The summed E-state index contributed by atoms with van der Waals surface area (Å²) in [7, 11) is -3.88. The summed E-state index contributed by atoms with van der Waals surface area (Å²) in [5.74, 6) is 1.12. The molecule has 9 nitrogen and oxygen atoms in total. The summed E-state index contributed by atoms with van der Waals surface area (Å²) in [5, 5.41) is 14.6. The van der Waals surface area contributed by atoms with Gasteiger partial charge in [0.25, 0.3) is 5.89 Å². The van der Waals surface area contributed by atoms with Crippen LogP contribution in [0.4, 0.5) is 0 Å². The summed E-state index contributed by atoms with van der Waals surface area (Å²) >= 11 is 0. The van der Waals surface area contributed by atoms with Gasteiger partial charge in [0.1, 0.15) is 18.1 Å². The molecule has 2 aliphatic rings. The molecule has 0 spiro atoms. The van der Waals surface area contributed by atoms with Crippen molar-refractivity contribution in [3.63, 3.8) is 0 Å². The van der Waals surface area contributed by atoms with Crippen LogP contribution >= 0.6 is 0 Å². The monoisotopic (exact) mass is 381 g/mol. The zero-order valence-corrected chi connectivity index (χ0v) is 15.0. The van der Waals surface area contributed by atoms with Crippen LogP contribution in [0.1, 0.15) is 25.1 Å². The maximum Gasteiger partial charge on any atom is 0.260 e. The van der Waals surface area contributed by atoms with Gasteiger partial charge in [-0.05, 0) is 12.1 Å². The van der Waals surface area contributed by atoms with Gasteiger partial charge in [0, 0.05) is 19.4 Å². The molecule has 1 unspecified atom stereocenters. The number of aromatic nitrogens is 2. The number of benzene rings is 1. The first kappa shape index (κ1) is 17.3. The number of nitrogens with zero attached hydrogens (tertiary/aromatic N) is 3. The molecule has 26 heavy (non-hydrogen) atoms. The number of hydrogen-bond acceptors (Lipinski definition) is 8. The van der Waals surface area contributed by atoms with Crippen LogP contribution in [-0.2, 0) is 22.0 Å². The van der Waals surface area contributed by atoms with Gasteiger partial charge in [-0.1, -0.05) is 18.1 Å². The Morgan fingerprint density at radius 1 is 1.31 bits per heavy atom. The Balaban J connectivity index is 1.64. The highest BCUT2D eigenvalue weighted by Gasteiger charge is 2.47. The van der Waals surface area contributed by atoms with Gasteiger partial charge in [0.05, 0.1) is 6.54 Å². The lowest BCUT2D eigenvalue weighted by molar-refractivity contribution is 0.0194. The van der Waals surface area contributed by atoms with Crippen molar-refractivity contribution in [3.8, 4) is 11.5 Å². The second-order valence-electron chi connectivity index (χ2n) is 6.27. The van der Waals surface area contributed by atoms with Gasteiger partial charge >= 0.3 is 0 Å². The highest BCUT2D eigenvalue weighted by Crippen LogP contribution is 2.40. The van der Waals surface area contributed by atoms with E-state index < -0.39 is 15.6 Å². The smallest absolute Gasteiger partial charge is 0.260 e. The van der Waals surface area contributed by atoms with Gasteiger partial charge in [-0.25, -0.2) is 8.42 Å². The topological polar surface area (TPSA) is 115 Å². The third-order valence-corrected chi connectivity index (χ3v) is 6.41. The first-order chi connectivity index (χ1) is 12.4. The second kappa shape index (κ2) is 6.22. The number of para-hydroxylation sites is 1. The summed E-state index contributed by atoms with van der Waals surface area (Å²) < 4.78 is 43.5. The Bertz CT molecular complexity index is 928. The quantitative estimate of drug-likeness (QED) is 0.822. The van der Waals surface area contributed by atoms with Crippen LogP contribution < -0.4 is 9.47 Å². The Morgan fingerprint density at radius 2 is 2.12 bits per heavy atom. The number of aryl methyl sites for hydroxylation is 1. The maximum absolute atomic E-state index is 13.1. The maximum atomic E-state index is 13.1. The highest BCUT2D eigenvalue weighted by atomic mass is 32.2. The van der Waals surface area contributed by atoms with Crippen molar-refractivity contribution in [3.05, 3.63) is 29.9 Å². The molecule has 0 radical (unpaired) electrons. The Hall–Kier alpha value is -2.17. The average molecular weight is 381 g/mol. The molecule has 1 aromatic carbocycles. The normalized spacial score (nSPS) is 23.3. The van der Waals surface area contributed by atoms with Crippen molar-refractivity contribution in [1.82, 2.24) is 14.4 Å². The SMILES string of the molecule is CCc1noc(C2(O)CCN(S(=O)(=O)c3cccc4c3OCCO4)C2)n1. The molecule has 0 aliphatic carbocycles. The highest BCUT2D eigenvalue weighted by molar-refractivity contribution is 7.89. The van der Waals surface area contributed by atoms with Crippen LogP contribution in [-0.4, -0.2) is 54.3 Å². The molecule has 1 saturated heterocycles. The minimum Gasteiger partial charge on any atom is -0.486 e. The molecule has 10 heteroatoms. The van der Waals surface area contributed by atoms with Gasteiger partial charge in [-0.3, -0.25) is 0 Å². The van der Waals surface area contributed by atoms with Crippen LogP contribution in [0.2, 0.25) is 0 Å². The third kappa shape index (κ3) is 2.74. The van der Waals surface area contributed by atoms with E-state index in [2.05, 4.69) is 10.1 Å². The Kier molecular flexibility index (Phi) is 4.13. The zero-order chi connectivity index (χ0) is 18.4. The number of ether oxygens (including phenoxy) is 2. The fraction of sp³-hybridized carbons (Fsp3) is 0.500. The average Bonchev–Trinajstić information content (AvgIpc) is 3.29. The number of aliphatic hydroxyl groups is 1. The van der Waals surface area contributed by atoms with Crippen LogP contribution in [0.5, 0.6) is 11.5 Å². The number of β-amino-alcohol motifs (C(OH)–C–C–N with tert-alkyl or cyclic N) is 1.